The molecule has 2 aromatic carbocycles. The summed E-state index contributed by atoms with van der Waals surface area (Å²) >= 11 is 0. The lowest BCUT2D eigenvalue weighted by molar-refractivity contribution is 0.431. The molecule has 0 saturated carbocycles. The summed E-state index contributed by atoms with van der Waals surface area (Å²) in [6, 6.07) is 7.14. The maximum absolute atomic E-state index is 13.1. The van der Waals surface area contributed by atoms with Crippen molar-refractivity contribution in [1.82, 2.24) is 4.31 Å². The van der Waals surface area contributed by atoms with Crippen molar-refractivity contribution in [2.45, 2.75) is 65.4 Å². The summed E-state index contributed by atoms with van der Waals surface area (Å²) in [6.07, 6.45) is 1.99. The molecule has 0 radical (unpaired) electrons. The van der Waals surface area contributed by atoms with E-state index in [0.29, 0.717) is 18.0 Å². The van der Waals surface area contributed by atoms with Crippen molar-refractivity contribution in [3.8, 4) is 0 Å². The molecule has 1 aliphatic rings. The van der Waals surface area contributed by atoms with E-state index in [1.165, 1.54) is 33.4 Å². The van der Waals surface area contributed by atoms with Crippen LogP contribution in [0.1, 0.15) is 52.8 Å². The normalized spacial score (nSPS) is 14.8. The quantitative estimate of drug-likeness (QED) is 0.811. The van der Waals surface area contributed by atoms with E-state index >= 15 is 0 Å². The Labute approximate surface area is 151 Å². The first-order valence-corrected chi connectivity index (χ1v) is 10.4. The van der Waals surface area contributed by atoms with Crippen molar-refractivity contribution in [3.63, 3.8) is 0 Å². The summed E-state index contributed by atoms with van der Waals surface area (Å²) in [4.78, 5) is 0.382. The van der Waals surface area contributed by atoms with Crippen LogP contribution in [0.4, 0.5) is 0 Å². The van der Waals surface area contributed by atoms with Crippen LogP contribution in [0.5, 0.6) is 0 Å². The van der Waals surface area contributed by atoms with Gasteiger partial charge in [-0.15, -0.1) is 0 Å². The molecule has 0 aromatic heterocycles. The molecule has 0 bridgehead atoms. The fourth-order valence-electron chi connectivity index (χ4n) is 4.09. The zero-order valence-corrected chi connectivity index (χ0v) is 16.6. The fourth-order valence-corrected chi connectivity index (χ4v) is 5.47. The van der Waals surface area contributed by atoms with E-state index in [4.69, 9.17) is 0 Å². The van der Waals surface area contributed by atoms with Gasteiger partial charge in [0.1, 0.15) is 0 Å². The third-order valence-corrected chi connectivity index (χ3v) is 7.38. The Balaban J connectivity index is 2.05. The van der Waals surface area contributed by atoms with Crippen molar-refractivity contribution >= 4 is 10.0 Å². The summed E-state index contributed by atoms with van der Waals surface area (Å²) in [5, 5.41) is 0. The van der Waals surface area contributed by atoms with Crippen LogP contribution in [-0.2, 0) is 36.0 Å². The first kappa shape index (κ1) is 18.2. The molecule has 0 spiro atoms. The minimum absolute atomic E-state index is 0.382. The van der Waals surface area contributed by atoms with Gasteiger partial charge in [0.25, 0.3) is 0 Å². The van der Waals surface area contributed by atoms with Crippen LogP contribution in [0.15, 0.2) is 29.2 Å². The molecule has 0 N–H and O–H groups in total. The van der Waals surface area contributed by atoms with Crippen LogP contribution in [0.2, 0.25) is 0 Å². The predicted molar refractivity (Wildman–Crippen MR) is 102 cm³/mol. The van der Waals surface area contributed by atoms with E-state index in [9.17, 15) is 8.42 Å². The van der Waals surface area contributed by atoms with Crippen LogP contribution in [0.3, 0.4) is 0 Å². The van der Waals surface area contributed by atoms with E-state index in [2.05, 4.69) is 27.7 Å². The van der Waals surface area contributed by atoms with Crippen molar-refractivity contribution in [3.05, 3.63) is 63.2 Å². The number of nitrogens with zero attached hydrogens (tertiary/aromatic N) is 1. The highest BCUT2D eigenvalue weighted by Gasteiger charge is 2.33. The van der Waals surface area contributed by atoms with Gasteiger partial charge in [0.05, 0.1) is 4.90 Å². The summed E-state index contributed by atoms with van der Waals surface area (Å²) in [7, 11) is -3.46. The van der Waals surface area contributed by atoms with E-state index in [0.717, 1.165) is 18.4 Å². The summed E-state index contributed by atoms with van der Waals surface area (Å²) in [6.45, 7) is 11.6. The maximum atomic E-state index is 13.1. The molecule has 0 aliphatic carbocycles. The van der Waals surface area contributed by atoms with Crippen LogP contribution in [0.25, 0.3) is 0 Å². The van der Waals surface area contributed by atoms with Crippen molar-refractivity contribution in [1.29, 1.82) is 0 Å². The number of rotatable bonds is 4. The minimum Gasteiger partial charge on any atom is -0.207 e. The zero-order valence-electron chi connectivity index (χ0n) is 15.8. The van der Waals surface area contributed by atoms with Crippen LogP contribution in [0, 0.1) is 20.8 Å². The molecular formula is C21H27NO2S. The Hall–Kier alpha value is -1.65. The second-order valence-electron chi connectivity index (χ2n) is 6.96. The van der Waals surface area contributed by atoms with E-state index < -0.39 is 10.0 Å². The Morgan fingerprint density at radius 2 is 1.28 bits per heavy atom. The second kappa shape index (κ2) is 6.58. The Kier molecular flexibility index (Phi) is 4.78. The molecule has 1 heterocycles. The van der Waals surface area contributed by atoms with E-state index in [1.807, 2.05) is 19.1 Å². The predicted octanol–water partition coefficient (Wildman–Crippen LogP) is 4.44. The Bertz CT molecular complexity index is 873. The lowest BCUT2D eigenvalue weighted by Crippen LogP contribution is -2.25. The first-order chi connectivity index (χ1) is 11.8. The van der Waals surface area contributed by atoms with Crippen molar-refractivity contribution in [2.75, 3.05) is 0 Å². The van der Waals surface area contributed by atoms with E-state index in [-0.39, 0.29) is 0 Å². The maximum Gasteiger partial charge on any atom is 0.243 e. The van der Waals surface area contributed by atoms with Gasteiger partial charge in [0.2, 0.25) is 10.0 Å². The topological polar surface area (TPSA) is 37.4 Å². The number of aryl methyl sites for hydroxylation is 1. The van der Waals surface area contributed by atoms with Crippen molar-refractivity contribution < 1.29 is 8.42 Å². The highest BCUT2D eigenvalue weighted by atomic mass is 32.2. The third-order valence-electron chi connectivity index (χ3n) is 5.57. The molecule has 0 saturated heterocycles. The zero-order chi connectivity index (χ0) is 18.4. The molecule has 0 amide bonds. The van der Waals surface area contributed by atoms with E-state index in [1.54, 1.807) is 16.4 Å². The lowest BCUT2D eigenvalue weighted by atomic mass is 9.87. The average Bonchev–Trinajstić information content (AvgIpc) is 3.05. The average molecular weight is 358 g/mol. The number of fused-ring (bicyclic) bond motifs is 1. The largest absolute Gasteiger partial charge is 0.243 e. The number of hydrogen-bond acceptors (Lipinski definition) is 2. The van der Waals surface area contributed by atoms with Crippen molar-refractivity contribution in [2.24, 2.45) is 0 Å². The SMILES string of the molecule is CCc1c(C)c2c(c(C)c1CC)CN(S(=O)(=O)c1ccc(C)cc1)C2. The number of sulfonamides is 1. The van der Waals surface area contributed by atoms with Gasteiger partial charge in [0.15, 0.2) is 0 Å². The van der Waals surface area contributed by atoms with Gasteiger partial charge < -0.3 is 0 Å². The first-order valence-electron chi connectivity index (χ1n) is 9.00. The highest BCUT2D eigenvalue weighted by molar-refractivity contribution is 7.89. The Morgan fingerprint density at radius 1 is 0.840 bits per heavy atom. The molecule has 0 atom stereocenters. The molecule has 0 fully saturated rings. The molecule has 0 unspecified atom stereocenters. The third kappa shape index (κ3) is 2.91. The van der Waals surface area contributed by atoms with Gasteiger partial charge in [-0.3, -0.25) is 0 Å². The van der Waals surface area contributed by atoms with Gasteiger partial charge in [-0.05, 0) is 79.1 Å². The monoisotopic (exact) mass is 357 g/mol. The van der Waals surface area contributed by atoms with Crippen LogP contribution in [-0.4, -0.2) is 12.7 Å². The number of benzene rings is 2. The second-order valence-corrected chi connectivity index (χ2v) is 8.90. The van der Waals surface area contributed by atoms with Gasteiger partial charge >= 0.3 is 0 Å². The molecule has 1 aliphatic heterocycles. The van der Waals surface area contributed by atoms with Crippen LogP contribution >= 0.6 is 0 Å². The molecule has 134 valence electrons. The molecule has 3 rings (SSSR count). The Morgan fingerprint density at radius 3 is 1.68 bits per heavy atom. The smallest absolute Gasteiger partial charge is 0.207 e. The van der Waals surface area contributed by atoms with Gasteiger partial charge in [-0.2, -0.15) is 4.31 Å². The summed E-state index contributed by atoms with van der Waals surface area (Å²) in [5.74, 6) is 0. The highest BCUT2D eigenvalue weighted by Crippen LogP contribution is 2.37. The molecular weight excluding hydrogens is 330 g/mol. The van der Waals surface area contributed by atoms with Gasteiger partial charge in [-0.25, -0.2) is 8.42 Å². The fraction of sp³-hybridized carbons (Fsp3) is 0.429. The number of hydrogen-bond donors (Lipinski definition) is 0. The standard InChI is InChI=1S/C21H27NO2S/c1-6-18-15(4)20-12-22(13-21(20)16(5)19(18)7-2)25(23,24)17-10-8-14(3)9-11-17/h8-11H,6-7,12-13H2,1-5H3. The van der Waals surface area contributed by atoms with Gasteiger partial charge in [0, 0.05) is 13.1 Å². The summed E-state index contributed by atoms with van der Waals surface area (Å²) < 4.78 is 27.8. The summed E-state index contributed by atoms with van der Waals surface area (Å²) in [5.41, 5.74) is 8.84. The molecule has 25 heavy (non-hydrogen) atoms. The minimum atomic E-state index is -3.46. The molecule has 2 aromatic rings. The molecule has 3 nitrogen and oxygen atoms in total. The molecule has 4 heteroatoms. The lowest BCUT2D eigenvalue weighted by Gasteiger charge is -2.18. The van der Waals surface area contributed by atoms with Gasteiger partial charge in [-0.1, -0.05) is 31.5 Å². The van der Waals surface area contributed by atoms with Crippen LogP contribution < -0.4 is 0 Å².